The highest BCUT2D eigenvalue weighted by molar-refractivity contribution is 7.15. The summed E-state index contributed by atoms with van der Waals surface area (Å²) >= 11 is 1.49. The minimum atomic E-state index is -0.00377. The van der Waals surface area contributed by atoms with Crippen molar-refractivity contribution in [3.63, 3.8) is 0 Å². The Bertz CT molecular complexity index is 635. The van der Waals surface area contributed by atoms with Crippen molar-refractivity contribution >= 4 is 16.3 Å². The van der Waals surface area contributed by atoms with Crippen molar-refractivity contribution in [2.24, 2.45) is 11.7 Å². The Morgan fingerprint density at radius 2 is 2.42 bits per heavy atom. The van der Waals surface area contributed by atoms with E-state index in [0.717, 1.165) is 30.2 Å². The van der Waals surface area contributed by atoms with Crippen molar-refractivity contribution < 1.29 is 0 Å². The van der Waals surface area contributed by atoms with Gasteiger partial charge in [-0.15, -0.1) is 11.3 Å². The molecule has 6 heteroatoms. The number of hydrogen-bond donors (Lipinski definition) is 1. The fourth-order valence-corrected chi connectivity index (χ4v) is 3.25. The zero-order chi connectivity index (χ0) is 13.4. The molecule has 3 heterocycles. The van der Waals surface area contributed by atoms with Crippen molar-refractivity contribution in [2.75, 3.05) is 13.1 Å². The minimum Gasteiger partial charge on any atom is -0.326 e. The number of hydrogen-bond acceptors (Lipinski definition) is 5. The molecular weight excluding hydrogens is 260 g/mol. The van der Waals surface area contributed by atoms with E-state index in [1.165, 1.54) is 11.3 Å². The van der Waals surface area contributed by atoms with Gasteiger partial charge in [0, 0.05) is 36.8 Å². The van der Waals surface area contributed by atoms with Gasteiger partial charge in [-0.2, -0.15) is 0 Å². The maximum atomic E-state index is 11.9. The van der Waals surface area contributed by atoms with E-state index < -0.39 is 0 Å². The molecule has 0 radical (unpaired) electrons. The largest absolute Gasteiger partial charge is 0.326 e. The van der Waals surface area contributed by atoms with Gasteiger partial charge in [-0.05, 0) is 18.9 Å². The molecule has 2 N–H and O–H groups in total. The first-order valence-electron chi connectivity index (χ1n) is 6.57. The average Bonchev–Trinajstić information content (AvgIpc) is 2.82. The monoisotopic (exact) mass is 278 g/mol. The number of rotatable bonds is 2. The van der Waals surface area contributed by atoms with Crippen LogP contribution in [-0.2, 0) is 6.54 Å². The molecule has 19 heavy (non-hydrogen) atoms. The Kier molecular flexibility index (Phi) is 3.38. The van der Waals surface area contributed by atoms with Gasteiger partial charge in [-0.3, -0.25) is 14.1 Å². The maximum absolute atomic E-state index is 11.9. The summed E-state index contributed by atoms with van der Waals surface area (Å²) in [7, 11) is 0. The van der Waals surface area contributed by atoms with E-state index in [4.69, 9.17) is 5.73 Å². The quantitative estimate of drug-likeness (QED) is 0.887. The van der Waals surface area contributed by atoms with E-state index in [0.29, 0.717) is 12.5 Å². The highest BCUT2D eigenvalue weighted by atomic mass is 32.1. The van der Waals surface area contributed by atoms with Crippen LogP contribution in [0.25, 0.3) is 4.96 Å². The SMILES string of the molecule is CC1CCN(Cc2cc(=O)n3ccsc3n2)CC1N. The third-order valence-electron chi connectivity index (χ3n) is 3.84. The summed E-state index contributed by atoms with van der Waals surface area (Å²) in [6.07, 6.45) is 2.87. The smallest absolute Gasteiger partial charge is 0.258 e. The van der Waals surface area contributed by atoms with Crippen LogP contribution in [-0.4, -0.2) is 33.4 Å². The number of nitrogens with two attached hydrogens (primary N) is 1. The lowest BCUT2D eigenvalue weighted by Gasteiger charge is -2.34. The third-order valence-corrected chi connectivity index (χ3v) is 4.60. The molecule has 2 aromatic rings. The predicted octanol–water partition coefficient (Wildman–Crippen LogP) is 0.925. The van der Waals surface area contributed by atoms with Crippen LogP contribution in [0, 0.1) is 5.92 Å². The molecule has 1 saturated heterocycles. The summed E-state index contributed by atoms with van der Waals surface area (Å²) in [5.74, 6) is 0.578. The molecule has 5 nitrogen and oxygen atoms in total. The fraction of sp³-hybridized carbons (Fsp3) is 0.538. The molecule has 2 unspecified atom stereocenters. The molecule has 0 aliphatic carbocycles. The van der Waals surface area contributed by atoms with Gasteiger partial charge in [0.25, 0.3) is 5.56 Å². The van der Waals surface area contributed by atoms with Crippen LogP contribution in [0.3, 0.4) is 0 Å². The van der Waals surface area contributed by atoms with Gasteiger partial charge in [-0.1, -0.05) is 6.92 Å². The van der Waals surface area contributed by atoms with Gasteiger partial charge >= 0.3 is 0 Å². The summed E-state index contributed by atoms with van der Waals surface area (Å²) < 4.78 is 1.58. The standard InChI is InChI=1S/C13H18N4OS/c1-9-2-3-16(8-11(9)14)7-10-6-12(18)17-4-5-19-13(17)15-10/h4-6,9,11H,2-3,7-8,14H2,1H3. The lowest BCUT2D eigenvalue weighted by Crippen LogP contribution is -2.47. The van der Waals surface area contributed by atoms with Crippen LogP contribution in [0.5, 0.6) is 0 Å². The van der Waals surface area contributed by atoms with Crippen LogP contribution >= 0.6 is 11.3 Å². The molecule has 0 amide bonds. The normalized spacial score (nSPS) is 24.9. The number of piperidine rings is 1. The summed E-state index contributed by atoms with van der Waals surface area (Å²) in [5.41, 5.74) is 6.94. The molecular formula is C13H18N4OS. The van der Waals surface area contributed by atoms with Crippen LogP contribution in [0.1, 0.15) is 19.0 Å². The van der Waals surface area contributed by atoms with Gasteiger partial charge in [0.2, 0.25) is 0 Å². The van der Waals surface area contributed by atoms with Crippen LogP contribution in [0.2, 0.25) is 0 Å². The highest BCUT2D eigenvalue weighted by Crippen LogP contribution is 2.17. The van der Waals surface area contributed by atoms with Gasteiger partial charge < -0.3 is 5.73 Å². The van der Waals surface area contributed by atoms with Crippen molar-refractivity contribution in [1.29, 1.82) is 0 Å². The maximum Gasteiger partial charge on any atom is 0.258 e. The molecule has 2 atom stereocenters. The molecule has 1 fully saturated rings. The average molecular weight is 278 g/mol. The van der Waals surface area contributed by atoms with Crippen LogP contribution < -0.4 is 11.3 Å². The Labute approximate surface area is 115 Å². The van der Waals surface area contributed by atoms with Crippen molar-refractivity contribution in [1.82, 2.24) is 14.3 Å². The Hall–Kier alpha value is -1.24. The van der Waals surface area contributed by atoms with E-state index in [9.17, 15) is 4.79 Å². The molecule has 0 aromatic carbocycles. The van der Waals surface area contributed by atoms with Crippen molar-refractivity contribution in [2.45, 2.75) is 25.9 Å². The zero-order valence-corrected chi connectivity index (χ0v) is 11.8. The van der Waals surface area contributed by atoms with Gasteiger partial charge in [0.1, 0.15) is 0 Å². The first kappa shape index (κ1) is 12.8. The Morgan fingerprint density at radius 1 is 1.58 bits per heavy atom. The predicted molar refractivity (Wildman–Crippen MR) is 76.4 cm³/mol. The van der Waals surface area contributed by atoms with Gasteiger partial charge in [0.15, 0.2) is 4.96 Å². The van der Waals surface area contributed by atoms with E-state index in [-0.39, 0.29) is 11.6 Å². The molecule has 102 valence electrons. The second kappa shape index (κ2) is 5.03. The Balaban J connectivity index is 1.80. The van der Waals surface area contributed by atoms with E-state index in [1.807, 2.05) is 5.38 Å². The number of thiazole rings is 1. The molecule has 0 saturated carbocycles. The summed E-state index contributed by atoms with van der Waals surface area (Å²) in [4.78, 5) is 19.5. The molecule has 1 aliphatic heterocycles. The topological polar surface area (TPSA) is 63.6 Å². The van der Waals surface area contributed by atoms with Crippen LogP contribution in [0.4, 0.5) is 0 Å². The molecule has 3 rings (SSSR count). The van der Waals surface area contributed by atoms with Gasteiger partial charge in [0.05, 0.1) is 5.69 Å². The summed E-state index contributed by atoms with van der Waals surface area (Å²) in [6.45, 7) is 4.82. The van der Waals surface area contributed by atoms with Crippen molar-refractivity contribution in [3.05, 3.63) is 33.7 Å². The Morgan fingerprint density at radius 3 is 3.21 bits per heavy atom. The number of aromatic nitrogens is 2. The van der Waals surface area contributed by atoms with Crippen LogP contribution in [0.15, 0.2) is 22.4 Å². The van der Waals surface area contributed by atoms with E-state index in [1.54, 1.807) is 16.7 Å². The van der Waals surface area contributed by atoms with Gasteiger partial charge in [-0.25, -0.2) is 4.98 Å². The summed E-state index contributed by atoms with van der Waals surface area (Å²) in [6, 6.07) is 1.85. The second-order valence-electron chi connectivity index (χ2n) is 5.31. The zero-order valence-electron chi connectivity index (χ0n) is 11.0. The second-order valence-corrected chi connectivity index (χ2v) is 6.18. The molecule has 0 bridgehead atoms. The highest BCUT2D eigenvalue weighted by Gasteiger charge is 2.23. The molecule has 0 spiro atoms. The first-order valence-corrected chi connectivity index (χ1v) is 7.45. The molecule has 2 aromatic heterocycles. The number of fused-ring (bicyclic) bond motifs is 1. The number of likely N-dealkylation sites (tertiary alicyclic amines) is 1. The third kappa shape index (κ3) is 2.56. The lowest BCUT2D eigenvalue weighted by atomic mass is 9.94. The van der Waals surface area contributed by atoms with E-state index >= 15 is 0 Å². The van der Waals surface area contributed by atoms with E-state index in [2.05, 4.69) is 16.8 Å². The summed E-state index contributed by atoms with van der Waals surface area (Å²) in [5, 5.41) is 1.88. The molecule has 1 aliphatic rings. The number of nitrogens with zero attached hydrogens (tertiary/aromatic N) is 3. The minimum absolute atomic E-state index is 0.00377. The van der Waals surface area contributed by atoms with Crippen molar-refractivity contribution in [3.8, 4) is 0 Å². The first-order chi connectivity index (χ1) is 9.13. The fourth-order valence-electron chi connectivity index (χ4n) is 2.51. The lowest BCUT2D eigenvalue weighted by molar-refractivity contribution is 0.160.